The van der Waals surface area contributed by atoms with Crippen LogP contribution in [0.15, 0.2) is 22.0 Å². The van der Waals surface area contributed by atoms with Gasteiger partial charge >= 0.3 is 0 Å². The molecule has 1 aliphatic heterocycles. The van der Waals surface area contributed by atoms with Crippen molar-refractivity contribution in [2.45, 2.75) is 13.0 Å². The molecule has 2 aromatic rings. The molecule has 0 radical (unpaired) electrons. The highest BCUT2D eigenvalue weighted by Crippen LogP contribution is 2.21. The quantitative estimate of drug-likeness (QED) is 0.865. The maximum absolute atomic E-state index is 11.8. The first kappa shape index (κ1) is 17.9. The summed E-state index contributed by atoms with van der Waals surface area (Å²) in [7, 11) is 0. The molecular weight excluding hydrogens is 338 g/mol. The van der Waals surface area contributed by atoms with E-state index in [-0.39, 0.29) is 18.3 Å². The van der Waals surface area contributed by atoms with Gasteiger partial charge in [-0.2, -0.15) is 4.98 Å². The number of carbonyl (C=O) groups is 1. The third-order valence-corrected chi connectivity index (χ3v) is 4.52. The van der Waals surface area contributed by atoms with Crippen molar-refractivity contribution in [3.63, 3.8) is 0 Å². The van der Waals surface area contributed by atoms with Gasteiger partial charge in [0, 0.05) is 39.1 Å². The van der Waals surface area contributed by atoms with Crippen molar-refractivity contribution >= 4 is 29.7 Å². The molecule has 0 aromatic carbocycles. The fourth-order valence-electron chi connectivity index (χ4n) is 2.45. The summed E-state index contributed by atoms with van der Waals surface area (Å²) in [4.78, 5) is 21.3. The Morgan fingerprint density at radius 2 is 2.13 bits per heavy atom. The predicted octanol–water partition coefficient (Wildman–Crippen LogP) is 1.21. The van der Waals surface area contributed by atoms with Crippen LogP contribution in [-0.4, -0.2) is 58.6 Å². The van der Waals surface area contributed by atoms with Gasteiger partial charge in [0.1, 0.15) is 0 Å². The van der Waals surface area contributed by atoms with Crippen LogP contribution < -0.4 is 5.73 Å². The van der Waals surface area contributed by atoms with Crippen LogP contribution in [0, 0.1) is 0 Å². The Kier molecular flexibility index (Phi) is 6.52. The lowest BCUT2D eigenvalue weighted by Gasteiger charge is -2.33. The minimum Gasteiger partial charge on any atom is -0.340 e. The molecule has 9 heteroatoms. The van der Waals surface area contributed by atoms with Crippen LogP contribution in [-0.2, 0) is 11.3 Å². The number of amides is 1. The van der Waals surface area contributed by atoms with Crippen LogP contribution in [0.25, 0.3) is 10.7 Å². The molecule has 1 saturated heterocycles. The van der Waals surface area contributed by atoms with Crippen molar-refractivity contribution in [3.8, 4) is 10.7 Å². The Balaban J connectivity index is 0.00000192. The SMILES string of the molecule is Cl.NCCC(=O)N1CCN(Cc2nc(-c3cccs3)no2)CC1. The summed E-state index contributed by atoms with van der Waals surface area (Å²) >= 11 is 1.59. The summed E-state index contributed by atoms with van der Waals surface area (Å²) in [6.07, 6.45) is 0.424. The van der Waals surface area contributed by atoms with Gasteiger partial charge in [-0.05, 0) is 11.4 Å². The molecule has 23 heavy (non-hydrogen) atoms. The van der Waals surface area contributed by atoms with Crippen LogP contribution >= 0.6 is 23.7 Å². The van der Waals surface area contributed by atoms with Gasteiger partial charge in [0.15, 0.2) is 0 Å². The van der Waals surface area contributed by atoms with Crippen molar-refractivity contribution in [1.82, 2.24) is 19.9 Å². The van der Waals surface area contributed by atoms with Crippen molar-refractivity contribution in [2.75, 3.05) is 32.7 Å². The van der Waals surface area contributed by atoms with E-state index in [4.69, 9.17) is 10.3 Å². The van der Waals surface area contributed by atoms with Gasteiger partial charge in [-0.25, -0.2) is 0 Å². The Labute approximate surface area is 144 Å². The summed E-state index contributed by atoms with van der Waals surface area (Å²) in [5.41, 5.74) is 5.42. The van der Waals surface area contributed by atoms with Crippen molar-refractivity contribution in [2.24, 2.45) is 5.73 Å². The standard InChI is InChI=1S/C14H19N5O2S.ClH/c15-4-3-13(20)19-7-5-18(6-8-19)10-12-16-14(17-21-12)11-2-1-9-22-11;/h1-2,9H,3-8,10,15H2;1H. The van der Waals surface area contributed by atoms with Gasteiger partial charge < -0.3 is 15.2 Å². The first-order valence-corrected chi connectivity index (χ1v) is 8.21. The predicted molar refractivity (Wildman–Crippen MR) is 90.4 cm³/mol. The molecule has 0 atom stereocenters. The first-order chi connectivity index (χ1) is 10.8. The summed E-state index contributed by atoms with van der Waals surface area (Å²) in [6, 6.07) is 3.94. The van der Waals surface area contributed by atoms with Crippen molar-refractivity contribution in [1.29, 1.82) is 0 Å². The number of halogens is 1. The molecule has 0 spiro atoms. The third-order valence-electron chi connectivity index (χ3n) is 3.65. The molecule has 1 fully saturated rings. The highest BCUT2D eigenvalue weighted by Gasteiger charge is 2.22. The number of nitrogens with two attached hydrogens (primary N) is 1. The zero-order valence-electron chi connectivity index (χ0n) is 12.7. The normalized spacial score (nSPS) is 15.4. The fraction of sp³-hybridized carbons (Fsp3) is 0.500. The van der Waals surface area contributed by atoms with E-state index in [1.165, 1.54) is 0 Å². The van der Waals surface area contributed by atoms with Gasteiger partial charge in [0.25, 0.3) is 0 Å². The second-order valence-corrected chi connectivity index (χ2v) is 6.13. The second-order valence-electron chi connectivity index (χ2n) is 5.18. The molecule has 0 unspecified atom stereocenters. The van der Waals surface area contributed by atoms with Gasteiger partial charge in [-0.3, -0.25) is 9.69 Å². The Morgan fingerprint density at radius 1 is 1.35 bits per heavy atom. The van der Waals surface area contributed by atoms with Gasteiger partial charge in [0.05, 0.1) is 11.4 Å². The van der Waals surface area contributed by atoms with Crippen molar-refractivity contribution in [3.05, 3.63) is 23.4 Å². The van der Waals surface area contributed by atoms with Gasteiger partial charge in [-0.15, -0.1) is 23.7 Å². The maximum atomic E-state index is 11.8. The van der Waals surface area contributed by atoms with Crippen LogP contribution in [0.1, 0.15) is 12.3 Å². The van der Waals surface area contributed by atoms with E-state index in [1.54, 1.807) is 11.3 Å². The minimum absolute atomic E-state index is 0. The average molecular weight is 358 g/mol. The smallest absolute Gasteiger partial charge is 0.241 e. The zero-order chi connectivity index (χ0) is 15.4. The summed E-state index contributed by atoms with van der Waals surface area (Å²) in [6.45, 7) is 4.11. The van der Waals surface area contributed by atoms with E-state index in [2.05, 4.69) is 15.0 Å². The van der Waals surface area contributed by atoms with Crippen LogP contribution in [0.5, 0.6) is 0 Å². The third kappa shape index (κ3) is 4.51. The molecule has 3 rings (SSSR count). The molecule has 2 N–H and O–H groups in total. The van der Waals surface area contributed by atoms with E-state index in [0.717, 1.165) is 31.1 Å². The number of rotatable bonds is 5. The zero-order valence-corrected chi connectivity index (χ0v) is 14.3. The molecular formula is C14H20ClN5O2S. The number of thiophene rings is 1. The molecule has 2 aromatic heterocycles. The molecule has 126 valence electrons. The summed E-state index contributed by atoms with van der Waals surface area (Å²) in [5, 5.41) is 6.00. The summed E-state index contributed by atoms with van der Waals surface area (Å²) in [5.74, 6) is 1.40. The highest BCUT2D eigenvalue weighted by molar-refractivity contribution is 7.13. The molecule has 0 saturated carbocycles. The topological polar surface area (TPSA) is 88.5 Å². The first-order valence-electron chi connectivity index (χ1n) is 7.33. The number of piperazine rings is 1. The van der Waals surface area contributed by atoms with E-state index < -0.39 is 0 Å². The summed E-state index contributed by atoms with van der Waals surface area (Å²) < 4.78 is 5.31. The largest absolute Gasteiger partial charge is 0.340 e. The molecule has 1 aliphatic rings. The molecule has 1 amide bonds. The van der Waals surface area contributed by atoms with Gasteiger partial charge in [-0.1, -0.05) is 11.2 Å². The molecule has 0 bridgehead atoms. The van der Waals surface area contributed by atoms with Crippen LogP contribution in [0.2, 0.25) is 0 Å². The lowest BCUT2D eigenvalue weighted by Crippen LogP contribution is -2.48. The fourth-order valence-corrected chi connectivity index (χ4v) is 3.10. The van der Waals surface area contributed by atoms with Crippen molar-refractivity contribution < 1.29 is 9.32 Å². The van der Waals surface area contributed by atoms with E-state index in [9.17, 15) is 4.79 Å². The maximum Gasteiger partial charge on any atom is 0.241 e. The molecule has 0 aliphatic carbocycles. The highest BCUT2D eigenvalue weighted by atomic mass is 35.5. The van der Waals surface area contributed by atoms with Gasteiger partial charge in [0.2, 0.25) is 17.6 Å². The number of carbonyl (C=O) groups excluding carboxylic acids is 1. The lowest BCUT2D eigenvalue weighted by molar-refractivity contribution is -0.132. The average Bonchev–Trinajstić information content (AvgIpc) is 3.19. The Hall–Kier alpha value is -1.48. The van der Waals surface area contributed by atoms with Crippen LogP contribution in [0.3, 0.4) is 0 Å². The molecule has 3 heterocycles. The monoisotopic (exact) mass is 357 g/mol. The Morgan fingerprint density at radius 3 is 2.78 bits per heavy atom. The number of nitrogens with zero attached hydrogens (tertiary/aromatic N) is 4. The number of hydrogen-bond donors (Lipinski definition) is 1. The lowest BCUT2D eigenvalue weighted by atomic mass is 10.2. The van der Waals surface area contributed by atoms with E-state index in [0.29, 0.717) is 31.2 Å². The minimum atomic E-state index is 0. The number of aromatic nitrogens is 2. The van der Waals surface area contributed by atoms with E-state index >= 15 is 0 Å². The Bertz CT molecular complexity index is 610. The van der Waals surface area contributed by atoms with E-state index in [1.807, 2.05) is 22.4 Å². The van der Waals surface area contributed by atoms with Crippen LogP contribution in [0.4, 0.5) is 0 Å². The number of hydrogen-bond acceptors (Lipinski definition) is 7. The molecule has 7 nitrogen and oxygen atoms in total. The second kappa shape index (κ2) is 8.39.